The number of rotatable bonds is 11. The molecule has 5 aromatic rings. The van der Waals surface area contributed by atoms with E-state index in [0.29, 0.717) is 42.3 Å². The van der Waals surface area contributed by atoms with Crippen LogP contribution in [0.1, 0.15) is 47.9 Å². The van der Waals surface area contributed by atoms with Gasteiger partial charge in [0.25, 0.3) is 0 Å². The number of aliphatic hydroxyl groups is 1. The lowest BCUT2D eigenvalue weighted by Crippen LogP contribution is -2.08. The second-order valence-electron chi connectivity index (χ2n) is 10.0. The van der Waals surface area contributed by atoms with Crippen molar-refractivity contribution in [3.8, 4) is 22.8 Å². The molecule has 0 radical (unpaired) electrons. The molecule has 3 heterocycles. The molecular formula is C31H35N5O5. The van der Waals surface area contributed by atoms with E-state index in [1.807, 2.05) is 24.3 Å². The van der Waals surface area contributed by atoms with E-state index in [1.165, 1.54) is 7.11 Å². The third-order valence-corrected chi connectivity index (χ3v) is 7.23. The highest BCUT2D eigenvalue weighted by Gasteiger charge is 2.25. The molecule has 41 heavy (non-hydrogen) atoms. The van der Waals surface area contributed by atoms with Gasteiger partial charge >= 0.3 is 5.97 Å². The molecule has 2 aromatic carbocycles. The molecule has 0 atom stereocenters. The molecule has 0 saturated carbocycles. The highest BCUT2D eigenvalue weighted by molar-refractivity contribution is 6.05. The number of nitrogens with zero attached hydrogens (tertiary/aromatic N) is 3. The van der Waals surface area contributed by atoms with Gasteiger partial charge in [0.15, 0.2) is 0 Å². The number of esters is 1. The molecule has 3 N–H and O–H groups in total. The Kier molecular flexibility index (Phi) is 8.11. The Hall–Kier alpha value is -4.57. The lowest BCUT2D eigenvalue weighted by Gasteiger charge is -2.14. The van der Waals surface area contributed by atoms with Crippen molar-refractivity contribution in [1.29, 1.82) is 0 Å². The monoisotopic (exact) mass is 557 g/mol. The van der Waals surface area contributed by atoms with Crippen LogP contribution in [-0.4, -0.2) is 58.5 Å². The van der Waals surface area contributed by atoms with Gasteiger partial charge in [-0.05, 0) is 57.0 Å². The van der Waals surface area contributed by atoms with Crippen LogP contribution >= 0.6 is 0 Å². The van der Waals surface area contributed by atoms with Crippen molar-refractivity contribution in [2.45, 2.75) is 39.3 Å². The summed E-state index contributed by atoms with van der Waals surface area (Å²) in [4.78, 5) is 25.1. The zero-order chi connectivity index (χ0) is 29.1. The molecule has 3 aromatic heterocycles. The lowest BCUT2D eigenvalue weighted by molar-refractivity contribution is 0.0601. The fraction of sp³-hybridized carbons (Fsp3) is 0.323. The molecule has 10 heteroatoms. The average Bonchev–Trinajstić information content (AvgIpc) is 3.56. The number of hydrogen-bond acceptors (Lipinski definition) is 8. The minimum absolute atomic E-state index is 0.0717. The van der Waals surface area contributed by atoms with Gasteiger partial charge in [0.2, 0.25) is 0 Å². The highest BCUT2D eigenvalue weighted by Crippen LogP contribution is 2.41. The number of benzene rings is 2. The third kappa shape index (κ3) is 5.30. The van der Waals surface area contributed by atoms with E-state index in [2.05, 4.69) is 39.8 Å². The summed E-state index contributed by atoms with van der Waals surface area (Å²) in [5.74, 6) is 1.72. The Morgan fingerprint density at radius 2 is 1.90 bits per heavy atom. The Balaban J connectivity index is 1.68. The van der Waals surface area contributed by atoms with E-state index in [1.54, 1.807) is 32.7 Å². The number of aromatic amines is 1. The molecule has 0 aliphatic rings. The number of ether oxygens (including phenoxy) is 3. The molecule has 0 aliphatic carbocycles. The second-order valence-corrected chi connectivity index (χ2v) is 10.0. The molecule has 0 saturated heterocycles. The number of nitrogens with one attached hydrogen (secondary N) is 2. The van der Waals surface area contributed by atoms with E-state index >= 15 is 0 Å². The fourth-order valence-corrected chi connectivity index (χ4v) is 5.34. The number of carbonyl (C=O) groups excluding carboxylic acids is 1. The molecule has 0 amide bonds. The Morgan fingerprint density at radius 1 is 1.07 bits per heavy atom. The zero-order valence-electron chi connectivity index (χ0n) is 23.9. The van der Waals surface area contributed by atoms with Crippen molar-refractivity contribution in [3.63, 3.8) is 0 Å². The first kappa shape index (κ1) is 28.0. The van der Waals surface area contributed by atoms with Gasteiger partial charge in [-0.25, -0.2) is 14.8 Å². The van der Waals surface area contributed by atoms with Crippen LogP contribution in [0, 0.1) is 0 Å². The van der Waals surface area contributed by atoms with Crippen LogP contribution < -0.4 is 14.8 Å². The van der Waals surface area contributed by atoms with E-state index in [9.17, 15) is 9.90 Å². The normalized spacial score (nSPS) is 11.4. The minimum atomic E-state index is -0.392. The number of carbonyl (C=O) groups is 1. The van der Waals surface area contributed by atoms with Gasteiger partial charge < -0.3 is 34.2 Å². The molecule has 10 nitrogen and oxygen atoms in total. The first-order valence-corrected chi connectivity index (χ1v) is 13.5. The summed E-state index contributed by atoms with van der Waals surface area (Å²) in [6.07, 6.45) is 2.82. The van der Waals surface area contributed by atoms with Crippen LogP contribution in [0.4, 0.5) is 5.82 Å². The average molecular weight is 558 g/mol. The standard InChI is InChI=1S/C31H35N5O5/c1-18(2)36-25(7-6-12-37)27(24-13-19-8-9-20(31(38)41-5)14-23(19)35-24)28-29(33-17-34-30(28)36)32-16-21-10-11-22(39-3)15-26(21)40-4/h8-11,13-15,17-18,35,37H,6-7,12,16H2,1-5H3,(H,32,33,34). The SMILES string of the molecule is COC(=O)c1ccc2cc(-c3c(CCCO)n(C(C)C)c4ncnc(NCc5ccc(OC)cc5OC)c34)[nH]c2c1. The number of hydrogen-bond donors (Lipinski definition) is 3. The van der Waals surface area contributed by atoms with Crippen LogP contribution in [0.25, 0.3) is 33.2 Å². The summed E-state index contributed by atoms with van der Waals surface area (Å²) in [6, 6.07) is 13.4. The molecule has 0 spiro atoms. The van der Waals surface area contributed by atoms with Crippen LogP contribution in [-0.2, 0) is 17.7 Å². The highest BCUT2D eigenvalue weighted by atomic mass is 16.5. The second kappa shape index (κ2) is 11.9. The molecule has 214 valence electrons. The number of anilines is 1. The lowest BCUT2D eigenvalue weighted by atomic mass is 10.0. The largest absolute Gasteiger partial charge is 0.497 e. The van der Waals surface area contributed by atoms with Crippen molar-refractivity contribution < 1.29 is 24.1 Å². The number of H-pyrrole nitrogens is 1. The molecule has 0 fully saturated rings. The smallest absolute Gasteiger partial charge is 0.337 e. The Labute approximate surface area is 238 Å². The Bertz CT molecular complexity index is 1700. The molecular weight excluding hydrogens is 522 g/mol. The van der Waals surface area contributed by atoms with E-state index in [4.69, 9.17) is 19.2 Å². The maximum absolute atomic E-state index is 12.2. The quantitative estimate of drug-likeness (QED) is 0.182. The number of aromatic nitrogens is 4. The molecule has 5 rings (SSSR count). The number of fused-ring (bicyclic) bond motifs is 2. The molecule has 0 aliphatic heterocycles. The van der Waals surface area contributed by atoms with Crippen molar-refractivity contribution >= 4 is 33.7 Å². The first-order valence-electron chi connectivity index (χ1n) is 13.5. The van der Waals surface area contributed by atoms with Gasteiger partial charge in [-0.3, -0.25) is 0 Å². The summed E-state index contributed by atoms with van der Waals surface area (Å²) in [5.41, 5.74) is 5.92. The van der Waals surface area contributed by atoms with E-state index < -0.39 is 5.97 Å². The predicted molar refractivity (Wildman–Crippen MR) is 159 cm³/mol. The van der Waals surface area contributed by atoms with Gasteiger partial charge in [0, 0.05) is 58.7 Å². The van der Waals surface area contributed by atoms with Gasteiger partial charge in [0.1, 0.15) is 29.3 Å². The maximum Gasteiger partial charge on any atom is 0.337 e. The molecule has 0 unspecified atom stereocenters. The van der Waals surface area contributed by atoms with Crippen LogP contribution in [0.2, 0.25) is 0 Å². The number of methoxy groups -OCH3 is 3. The van der Waals surface area contributed by atoms with E-state index in [0.717, 1.165) is 44.5 Å². The maximum atomic E-state index is 12.2. The van der Waals surface area contributed by atoms with Gasteiger partial charge in [-0.15, -0.1) is 0 Å². The van der Waals surface area contributed by atoms with Gasteiger partial charge in [-0.2, -0.15) is 0 Å². The zero-order valence-corrected chi connectivity index (χ0v) is 23.9. The van der Waals surface area contributed by atoms with Gasteiger partial charge in [0.05, 0.1) is 32.3 Å². The topological polar surface area (TPSA) is 124 Å². The third-order valence-electron chi connectivity index (χ3n) is 7.23. The van der Waals surface area contributed by atoms with Crippen molar-refractivity contribution in [1.82, 2.24) is 19.5 Å². The summed E-state index contributed by atoms with van der Waals surface area (Å²) >= 11 is 0. The van der Waals surface area contributed by atoms with Crippen LogP contribution in [0.15, 0.2) is 48.8 Å². The summed E-state index contributed by atoms with van der Waals surface area (Å²) in [6.45, 7) is 4.78. The van der Waals surface area contributed by atoms with Crippen LogP contribution in [0.3, 0.4) is 0 Å². The molecule has 0 bridgehead atoms. The summed E-state index contributed by atoms with van der Waals surface area (Å²) in [7, 11) is 4.63. The van der Waals surface area contributed by atoms with Crippen molar-refractivity contribution in [2.24, 2.45) is 0 Å². The van der Waals surface area contributed by atoms with Gasteiger partial charge in [-0.1, -0.05) is 6.07 Å². The minimum Gasteiger partial charge on any atom is -0.497 e. The fourth-order valence-electron chi connectivity index (χ4n) is 5.34. The Morgan fingerprint density at radius 3 is 2.61 bits per heavy atom. The van der Waals surface area contributed by atoms with E-state index in [-0.39, 0.29) is 12.6 Å². The number of aliphatic hydroxyl groups excluding tert-OH is 1. The van der Waals surface area contributed by atoms with Crippen LogP contribution in [0.5, 0.6) is 11.5 Å². The van der Waals surface area contributed by atoms with Crippen molar-refractivity contribution in [3.05, 3.63) is 65.6 Å². The van der Waals surface area contributed by atoms with Crippen molar-refractivity contribution in [2.75, 3.05) is 33.3 Å². The predicted octanol–water partition coefficient (Wildman–Crippen LogP) is 5.50. The first-order chi connectivity index (χ1) is 19.9. The summed E-state index contributed by atoms with van der Waals surface area (Å²) < 4.78 is 18.1. The summed E-state index contributed by atoms with van der Waals surface area (Å²) in [5, 5.41) is 15.1.